The van der Waals surface area contributed by atoms with E-state index in [1.165, 1.54) is 12.3 Å². The second-order valence-corrected chi connectivity index (χ2v) is 5.67. The molecular formula is C18H13ClFN3O2. The fraction of sp³-hybridized carbons (Fsp3) is 0.0556. The van der Waals surface area contributed by atoms with E-state index in [4.69, 9.17) is 16.3 Å². The Balaban J connectivity index is 1.80. The molecule has 3 rings (SSSR count). The van der Waals surface area contributed by atoms with Crippen molar-refractivity contribution >= 4 is 23.2 Å². The molecule has 0 unspecified atom stereocenters. The summed E-state index contributed by atoms with van der Waals surface area (Å²) >= 11 is 6.07. The van der Waals surface area contributed by atoms with Gasteiger partial charge in [-0.3, -0.25) is 9.78 Å². The highest BCUT2D eigenvalue weighted by Crippen LogP contribution is 2.28. The molecule has 0 aliphatic heterocycles. The normalized spacial score (nSPS) is 10.4. The Morgan fingerprint density at radius 3 is 2.76 bits per heavy atom. The van der Waals surface area contributed by atoms with Crippen LogP contribution in [0, 0.1) is 12.7 Å². The predicted octanol–water partition coefficient (Wildman–Crippen LogP) is 4.62. The van der Waals surface area contributed by atoms with Crippen molar-refractivity contribution in [2.24, 2.45) is 0 Å². The third-order valence-corrected chi connectivity index (χ3v) is 3.38. The van der Waals surface area contributed by atoms with E-state index in [1.807, 2.05) is 0 Å². The Morgan fingerprint density at radius 2 is 2.00 bits per heavy atom. The van der Waals surface area contributed by atoms with Crippen LogP contribution in [0.4, 0.5) is 10.1 Å². The molecule has 0 spiro atoms. The Labute approximate surface area is 148 Å². The summed E-state index contributed by atoms with van der Waals surface area (Å²) in [6, 6.07) is 11.1. The molecule has 0 atom stereocenters. The number of carbonyl (C=O) groups excluding carboxylic acids is 1. The van der Waals surface area contributed by atoms with Gasteiger partial charge >= 0.3 is 0 Å². The second kappa shape index (κ2) is 7.27. The molecule has 3 aromatic rings. The minimum atomic E-state index is -0.515. The fourth-order valence-corrected chi connectivity index (χ4v) is 2.37. The highest BCUT2D eigenvalue weighted by molar-refractivity contribution is 6.31. The van der Waals surface area contributed by atoms with Gasteiger partial charge in [0.15, 0.2) is 0 Å². The Morgan fingerprint density at radius 1 is 1.16 bits per heavy atom. The number of ether oxygens (including phenoxy) is 1. The van der Waals surface area contributed by atoms with Crippen molar-refractivity contribution in [2.75, 3.05) is 5.32 Å². The summed E-state index contributed by atoms with van der Waals surface area (Å²) in [4.78, 5) is 20.2. The van der Waals surface area contributed by atoms with Gasteiger partial charge in [0.25, 0.3) is 5.91 Å². The molecule has 0 saturated carbocycles. The van der Waals surface area contributed by atoms with Crippen LogP contribution in [0.1, 0.15) is 16.2 Å². The number of benzene rings is 1. The van der Waals surface area contributed by atoms with Gasteiger partial charge in [-0.1, -0.05) is 17.7 Å². The minimum absolute atomic E-state index is 0.222. The number of hydrogen-bond acceptors (Lipinski definition) is 4. The van der Waals surface area contributed by atoms with Crippen molar-refractivity contribution in [1.82, 2.24) is 9.97 Å². The standard InChI is InChI=1S/C18H13ClFN3O2/c1-11-3-2-4-17(22-11)18(24)23-14-5-12(19)6-15(8-14)25-16-7-13(20)9-21-10-16/h2-10H,1H3,(H,23,24). The molecule has 1 aromatic carbocycles. The number of nitrogens with one attached hydrogen (secondary N) is 1. The zero-order chi connectivity index (χ0) is 17.8. The second-order valence-electron chi connectivity index (χ2n) is 5.23. The molecule has 0 fully saturated rings. The van der Waals surface area contributed by atoms with E-state index in [0.717, 1.165) is 11.9 Å². The van der Waals surface area contributed by atoms with Crippen molar-refractivity contribution in [2.45, 2.75) is 6.92 Å². The number of halogens is 2. The third kappa shape index (κ3) is 4.51. The molecule has 1 N–H and O–H groups in total. The topological polar surface area (TPSA) is 64.1 Å². The number of pyridine rings is 2. The van der Waals surface area contributed by atoms with Crippen LogP contribution in [0.15, 0.2) is 54.9 Å². The SMILES string of the molecule is Cc1cccc(C(=O)Nc2cc(Cl)cc(Oc3cncc(F)c3)c2)n1. The van der Waals surface area contributed by atoms with E-state index < -0.39 is 5.82 Å². The Kier molecular flexibility index (Phi) is 4.90. The number of anilines is 1. The van der Waals surface area contributed by atoms with E-state index in [-0.39, 0.29) is 17.4 Å². The van der Waals surface area contributed by atoms with Gasteiger partial charge < -0.3 is 10.1 Å². The first-order chi connectivity index (χ1) is 12.0. The van der Waals surface area contributed by atoms with Crippen LogP contribution >= 0.6 is 11.6 Å². The lowest BCUT2D eigenvalue weighted by atomic mass is 10.2. The molecule has 0 radical (unpaired) electrons. The number of hydrogen-bond donors (Lipinski definition) is 1. The van der Waals surface area contributed by atoms with Gasteiger partial charge in [-0.15, -0.1) is 0 Å². The number of rotatable bonds is 4. The Hall–Kier alpha value is -2.99. The highest BCUT2D eigenvalue weighted by atomic mass is 35.5. The molecule has 2 aromatic heterocycles. The maximum atomic E-state index is 13.2. The van der Waals surface area contributed by atoms with Gasteiger partial charge in [0.1, 0.15) is 23.0 Å². The van der Waals surface area contributed by atoms with Crippen LogP contribution in [0.5, 0.6) is 11.5 Å². The molecule has 0 aliphatic rings. The van der Waals surface area contributed by atoms with Crippen LogP contribution in [0.25, 0.3) is 0 Å². The minimum Gasteiger partial charge on any atom is -0.456 e. The van der Waals surface area contributed by atoms with Gasteiger partial charge in [-0.2, -0.15) is 0 Å². The molecule has 126 valence electrons. The van der Waals surface area contributed by atoms with Crippen LogP contribution in [-0.4, -0.2) is 15.9 Å². The van der Waals surface area contributed by atoms with Gasteiger partial charge in [0.2, 0.25) is 0 Å². The number of nitrogens with zero attached hydrogens (tertiary/aromatic N) is 2. The predicted molar refractivity (Wildman–Crippen MR) is 92.6 cm³/mol. The molecular weight excluding hydrogens is 345 g/mol. The summed E-state index contributed by atoms with van der Waals surface area (Å²) in [5, 5.41) is 3.06. The van der Waals surface area contributed by atoms with Gasteiger partial charge in [0.05, 0.1) is 12.4 Å². The van der Waals surface area contributed by atoms with Crippen LogP contribution in [0.2, 0.25) is 5.02 Å². The van der Waals surface area contributed by atoms with Crippen molar-refractivity contribution in [1.29, 1.82) is 0 Å². The summed E-state index contributed by atoms with van der Waals surface area (Å²) in [6.07, 6.45) is 2.45. The quantitative estimate of drug-likeness (QED) is 0.739. The Bertz CT molecular complexity index is 934. The zero-order valence-corrected chi connectivity index (χ0v) is 13.9. The lowest BCUT2D eigenvalue weighted by molar-refractivity contribution is 0.102. The molecule has 5 nitrogen and oxygen atoms in total. The average Bonchev–Trinajstić information content (AvgIpc) is 2.54. The maximum absolute atomic E-state index is 13.2. The smallest absolute Gasteiger partial charge is 0.274 e. The van der Waals surface area contributed by atoms with Gasteiger partial charge in [-0.25, -0.2) is 9.37 Å². The maximum Gasteiger partial charge on any atom is 0.274 e. The van der Waals surface area contributed by atoms with Crippen LogP contribution < -0.4 is 10.1 Å². The summed E-state index contributed by atoms with van der Waals surface area (Å²) in [6.45, 7) is 1.80. The first-order valence-electron chi connectivity index (χ1n) is 7.33. The molecule has 0 aliphatic carbocycles. The van der Waals surface area contributed by atoms with E-state index >= 15 is 0 Å². The van der Waals surface area contributed by atoms with E-state index in [0.29, 0.717) is 16.5 Å². The molecule has 7 heteroatoms. The highest BCUT2D eigenvalue weighted by Gasteiger charge is 2.10. The first-order valence-corrected chi connectivity index (χ1v) is 7.71. The number of aromatic nitrogens is 2. The van der Waals surface area contributed by atoms with Crippen molar-refractivity contribution in [3.8, 4) is 11.5 Å². The lowest BCUT2D eigenvalue weighted by Gasteiger charge is -2.10. The van der Waals surface area contributed by atoms with E-state index in [9.17, 15) is 9.18 Å². The summed E-state index contributed by atoms with van der Waals surface area (Å²) in [5.74, 6) is -0.324. The lowest BCUT2D eigenvalue weighted by Crippen LogP contribution is -2.14. The average molecular weight is 358 g/mol. The van der Waals surface area contributed by atoms with Crippen LogP contribution in [-0.2, 0) is 0 Å². The van der Waals surface area contributed by atoms with Crippen molar-refractivity contribution in [3.05, 3.63) is 77.1 Å². The van der Waals surface area contributed by atoms with Crippen LogP contribution in [0.3, 0.4) is 0 Å². The number of carbonyl (C=O) groups is 1. The van der Waals surface area contributed by atoms with Crippen molar-refractivity contribution in [3.63, 3.8) is 0 Å². The molecule has 0 saturated heterocycles. The molecule has 1 amide bonds. The van der Waals surface area contributed by atoms with Crippen molar-refractivity contribution < 1.29 is 13.9 Å². The van der Waals surface area contributed by atoms with Gasteiger partial charge in [0, 0.05) is 28.5 Å². The molecule has 25 heavy (non-hydrogen) atoms. The molecule has 0 bridgehead atoms. The summed E-state index contributed by atoms with van der Waals surface area (Å²) in [7, 11) is 0. The fourth-order valence-electron chi connectivity index (χ4n) is 2.14. The largest absolute Gasteiger partial charge is 0.456 e. The monoisotopic (exact) mass is 357 g/mol. The summed E-state index contributed by atoms with van der Waals surface area (Å²) < 4.78 is 18.7. The van der Waals surface area contributed by atoms with E-state index in [1.54, 1.807) is 43.3 Å². The van der Waals surface area contributed by atoms with E-state index in [2.05, 4.69) is 15.3 Å². The molecule has 2 heterocycles. The zero-order valence-electron chi connectivity index (χ0n) is 13.2. The third-order valence-electron chi connectivity index (χ3n) is 3.17. The number of amides is 1. The number of aryl methyl sites for hydroxylation is 1. The summed E-state index contributed by atoms with van der Waals surface area (Å²) in [5.41, 5.74) is 1.46. The first kappa shape index (κ1) is 16.9. The van der Waals surface area contributed by atoms with Gasteiger partial charge in [-0.05, 0) is 31.2 Å².